The Bertz CT molecular complexity index is 651. The first-order chi connectivity index (χ1) is 12.1. The summed E-state index contributed by atoms with van der Waals surface area (Å²) >= 11 is 0. The van der Waals surface area contributed by atoms with E-state index in [1.54, 1.807) is 12.1 Å². The molecule has 1 aliphatic carbocycles. The van der Waals surface area contributed by atoms with Crippen LogP contribution in [0, 0.1) is 0 Å². The van der Waals surface area contributed by atoms with Crippen LogP contribution in [-0.2, 0) is 19.1 Å². The average molecular weight is 344 g/mol. The van der Waals surface area contributed by atoms with Crippen molar-refractivity contribution in [1.29, 1.82) is 0 Å². The smallest absolute Gasteiger partial charge is 0.354 e. The van der Waals surface area contributed by atoms with E-state index >= 15 is 0 Å². The lowest BCUT2D eigenvalue weighted by atomic mass is 9.95. The van der Waals surface area contributed by atoms with Gasteiger partial charge in [0.1, 0.15) is 17.9 Å². The van der Waals surface area contributed by atoms with E-state index in [2.05, 4.69) is 5.10 Å². The summed E-state index contributed by atoms with van der Waals surface area (Å²) in [5, 5.41) is 6.01. The highest BCUT2D eigenvalue weighted by Gasteiger charge is 2.36. The van der Waals surface area contributed by atoms with Crippen molar-refractivity contribution in [3.8, 4) is 0 Å². The Kier molecular flexibility index (Phi) is 5.48. The topological polar surface area (TPSA) is 68.2 Å². The fourth-order valence-corrected chi connectivity index (χ4v) is 3.37. The largest absolute Gasteiger partial charge is 0.458 e. The Morgan fingerprint density at radius 1 is 1.08 bits per heavy atom. The Hall–Kier alpha value is -2.21. The molecule has 1 atom stereocenters. The zero-order chi connectivity index (χ0) is 17.8. The summed E-state index contributed by atoms with van der Waals surface area (Å²) in [4.78, 5) is 24.5. The number of nitrogens with zero attached hydrogens (tertiary/aromatic N) is 2. The molecule has 1 fully saturated rings. The molecule has 0 aromatic heterocycles. The predicted octanol–water partition coefficient (Wildman–Crippen LogP) is 2.71. The van der Waals surface area contributed by atoms with E-state index in [0.29, 0.717) is 5.71 Å². The summed E-state index contributed by atoms with van der Waals surface area (Å²) in [5.41, 5.74) is 1.11. The summed E-state index contributed by atoms with van der Waals surface area (Å²) in [6.07, 6.45) is 3.85. The molecule has 1 heterocycles. The molecular formula is C19H24N2O4. The van der Waals surface area contributed by atoms with Crippen LogP contribution in [0.4, 0.5) is 5.69 Å². The number of hydrogen-bond acceptors (Lipinski definition) is 6. The van der Waals surface area contributed by atoms with Gasteiger partial charge in [0.05, 0.1) is 11.8 Å². The summed E-state index contributed by atoms with van der Waals surface area (Å²) in [7, 11) is 1.71. The van der Waals surface area contributed by atoms with Crippen molar-refractivity contribution in [3.05, 3.63) is 30.3 Å². The van der Waals surface area contributed by atoms with Crippen LogP contribution in [0.3, 0.4) is 0 Å². The third kappa shape index (κ3) is 4.07. The first-order valence-corrected chi connectivity index (χ1v) is 8.74. The van der Waals surface area contributed by atoms with Gasteiger partial charge in [-0.15, -0.1) is 0 Å². The van der Waals surface area contributed by atoms with Gasteiger partial charge < -0.3 is 9.47 Å². The predicted molar refractivity (Wildman–Crippen MR) is 94.6 cm³/mol. The maximum absolute atomic E-state index is 12.5. The van der Waals surface area contributed by atoms with E-state index in [9.17, 15) is 9.59 Å². The summed E-state index contributed by atoms with van der Waals surface area (Å²) in [5.74, 6) is -0.429. The minimum absolute atomic E-state index is 0.0176. The second-order valence-electron chi connectivity index (χ2n) is 6.60. The molecule has 1 aromatic carbocycles. The molecule has 134 valence electrons. The van der Waals surface area contributed by atoms with Crippen molar-refractivity contribution >= 4 is 23.2 Å². The van der Waals surface area contributed by atoms with Gasteiger partial charge in [-0.2, -0.15) is 5.10 Å². The second kappa shape index (κ2) is 7.78. The second-order valence-corrected chi connectivity index (χ2v) is 6.60. The van der Waals surface area contributed by atoms with E-state index in [1.807, 2.05) is 30.3 Å². The zero-order valence-electron chi connectivity index (χ0n) is 14.7. The number of hydrogen-bond donors (Lipinski definition) is 0. The number of para-hydroxylation sites is 1. The fourth-order valence-electron chi connectivity index (χ4n) is 3.37. The standard InChI is InChI=1S/C19H24N2O4/c1-13(22)18-12-17(20-21(18)14-6-4-3-5-7-14)19(23)25-16-10-8-15(24-2)9-11-16/h3-7,15-16,18H,8-12H2,1-2H3. The molecule has 1 saturated carbocycles. The molecule has 25 heavy (non-hydrogen) atoms. The maximum atomic E-state index is 12.5. The summed E-state index contributed by atoms with van der Waals surface area (Å²) in [6.45, 7) is 1.52. The molecule has 1 unspecified atom stereocenters. The highest BCUT2D eigenvalue weighted by Crippen LogP contribution is 2.27. The normalized spacial score (nSPS) is 26.2. The lowest BCUT2D eigenvalue weighted by Gasteiger charge is -2.27. The van der Waals surface area contributed by atoms with Crippen molar-refractivity contribution in [1.82, 2.24) is 0 Å². The van der Waals surface area contributed by atoms with E-state index < -0.39 is 12.0 Å². The van der Waals surface area contributed by atoms with Crippen molar-refractivity contribution in [3.63, 3.8) is 0 Å². The van der Waals surface area contributed by atoms with Gasteiger partial charge >= 0.3 is 5.97 Å². The lowest BCUT2D eigenvalue weighted by molar-refractivity contribution is -0.143. The van der Waals surface area contributed by atoms with Gasteiger partial charge in [0, 0.05) is 13.5 Å². The Labute approximate surface area is 147 Å². The monoisotopic (exact) mass is 344 g/mol. The Morgan fingerprint density at radius 3 is 2.32 bits per heavy atom. The summed E-state index contributed by atoms with van der Waals surface area (Å²) < 4.78 is 11.0. The fraction of sp³-hybridized carbons (Fsp3) is 0.526. The number of ketones is 1. The van der Waals surface area contributed by atoms with Gasteiger partial charge in [0.15, 0.2) is 5.78 Å². The number of anilines is 1. The molecule has 0 radical (unpaired) electrons. The number of carbonyl (C=O) groups excluding carboxylic acids is 2. The molecule has 0 saturated heterocycles. The third-order valence-corrected chi connectivity index (χ3v) is 4.86. The van der Waals surface area contributed by atoms with Crippen molar-refractivity contribution in [2.45, 2.75) is 57.3 Å². The van der Waals surface area contributed by atoms with Crippen LogP contribution in [0.2, 0.25) is 0 Å². The van der Waals surface area contributed by atoms with Crippen LogP contribution in [0.15, 0.2) is 35.4 Å². The molecule has 1 aliphatic heterocycles. The third-order valence-electron chi connectivity index (χ3n) is 4.86. The van der Waals surface area contributed by atoms with E-state index in [-0.39, 0.29) is 24.4 Å². The molecule has 6 nitrogen and oxygen atoms in total. The molecule has 2 aliphatic rings. The maximum Gasteiger partial charge on any atom is 0.354 e. The van der Waals surface area contributed by atoms with Crippen LogP contribution in [0.25, 0.3) is 0 Å². The number of carbonyl (C=O) groups is 2. The number of hydrazone groups is 1. The molecule has 3 rings (SSSR count). The molecule has 0 amide bonds. The lowest BCUT2D eigenvalue weighted by Crippen LogP contribution is -2.33. The first-order valence-electron chi connectivity index (χ1n) is 8.74. The van der Waals surface area contributed by atoms with E-state index in [0.717, 1.165) is 31.4 Å². The SMILES string of the molecule is COC1CCC(OC(=O)C2=NN(c3ccccc3)C(C(C)=O)C2)CC1. The number of benzene rings is 1. The molecule has 0 spiro atoms. The first kappa shape index (κ1) is 17.6. The molecule has 0 bridgehead atoms. The average Bonchev–Trinajstić information content (AvgIpc) is 3.09. The van der Waals surface area contributed by atoms with Crippen molar-refractivity contribution in [2.24, 2.45) is 5.10 Å². The summed E-state index contributed by atoms with van der Waals surface area (Å²) in [6, 6.07) is 8.96. The minimum atomic E-state index is -0.450. The van der Waals surface area contributed by atoms with Gasteiger partial charge in [-0.05, 0) is 44.7 Å². The van der Waals surface area contributed by atoms with Gasteiger partial charge in [0.25, 0.3) is 0 Å². The highest BCUT2D eigenvalue weighted by molar-refractivity contribution is 6.38. The van der Waals surface area contributed by atoms with Crippen molar-refractivity contribution < 1.29 is 19.1 Å². The van der Waals surface area contributed by atoms with Gasteiger partial charge in [0.2, 0.25) is 0 Å². The molecule has 0 N–H and O–H groups in total. The number of ether oxygens (including phenoxy) is 2. The van der Waals surface area contributed by atoms with E-state index in [1.165, 1.54) is 6.92 Å². The van der Waals surface area contributed by atoms with Crippen LogP contribution in [0.5, 0.6) is 0 Å². The van der Waals surface area contributed by atoms with Crippen LogP contribution >= 0.6 is 0 Å². The number of methoxy groups -OCH3 is 1. The van der Waals surface area contributed by atoms with Crippen LogP contribution in [-0.4, -0.2) is 42.8 Å². The van der Waals surface area contributed by atoms with Gasteiger partial charge in [-0.3, -0.25) is 9.80 Å². The number of rotatable bonds is 5. The number of esters is 1. The quantitative estimate of drug-likeness (QED) is 0.768. The zero-order valence-corrected chi connectivity index (χ0v) is 14.7. The Morgan fingerprint density at radius 2 is 1.72 bits per heavy atom. The minimum Gasteiger partial charge on any atom is -0.458 e. The molecular weight excluding hydrogens is 320 g/mol. The Balaban J connectivity index is 1.67. The highest BCUT2D eigenvalue weighted by atomic mass is 16.5. The van der Waals surface area contributed by atoms with E-state index in [4.69, 9.17) is 9.47 Å². The van der Waals surface area contributed by atoms with Crippen LogP contribution < -0.4 is 5.01 Å². The van der Waals surface area contributed by atoms with Gasteiger partial charge in [-0.1, -0.05) is 18.2 Å². The molecule has 1 aromatic rings. The van der Waals surface area contributed by atoms with Crippen LogP contribution in [0.1, 0.15) is 39.0 Å². The molecule has 6 heteroatoms. The van der Waals surface area contributed by atoms with Gasteiger partial charge in [-0.25, -0.2) is 4.79 Å². The number of Topliss-reactive ketones (excluding diaryl/α,β-unsaturated/α-hetero) is 1. The van der Waals surface area contributed by atoms with Crippen molar-refractivity contribution in [2.75, 3.05) is 12.1 Å².